The van der Waals surface area contributed by atoms with Crippen LogP contribution in [0.15, 0.2) is 128 Å². The SMILES string of the molecule is Cc1ccc(-c2[c-]cccc2)nc1.Cc1ccc(-c2[c-]cccc2)nc1.FC(F)(F)c1ccc(-c2[c-]cccc2)nc1.[Ir+3]. The van der Waals surface area contributed by atoms with Crippen LogP contribution in [0.25, 0.3) is 33.8 Å². The molecular weight excluding hydrogens is 724 g/mol. The molecule has 0 saturated carbocycles. The van der Waals surface area contributed by atoms with Gasteiger partial charge in [-0.05, 0) is 42.1 Å². The molecule has 3 heterocycles. The van der Waals surface area contributed by atoms with Crippen molar-refractivity contribution in [3.63, 3.8) is 0 Å². The van der Waals surface area contributed by atoms with Gasteiger partial charge < -0.3 is 15.0 Å². The first-order chi connectivity index (χ1) is 20.3. The maximum Gasteiger partial charge on any atom is 3.00 e. The zero-order valence-electron chi connectivity index (χ0n) is 23.4. The van der Waals surface area contributed by atoms with Crippen LogP contribution in [-0.4, -0.2) is 15.0 Å². The molecule has 0 aliphatic carbocycles. The van der Waals surface area contributed by atoms with Gasteiger partial charge in [-0.15, -0.1) is 108 Å². The van der Waals surface area contributed by atoms with Crippen molar-refractivity contribution < 1.29 is 33.3 Å². The Morgan fingerprint density at radius 2 is 0.860 bits per heavy atom. The average molecular weight is 751 g/mol. The predicted octanol–water partition coefficient (Wildman–Crippen LogP) is 9.28. The maximum atomic E-state index is 12.3. The Morgan fingerprint density at radius 1 is 0.488 bits per heavy atom. The molecule has 0 spiro atoms. The second kappa shape index (κ2) is 16.3. The second-order valence-electron chi connectivity index (χ2n) is 9.20. The van der Waals surface area contributed by atoms with Crippen LogP contribution in [0.4, 0.5) is 13.2 Å². The number of hydrogen-bond acceptors (Lipinski definition) is 3. The standard InChI is InChI=1S/C12H7F3N.2C12H10N.Ir/c13-12(14,15)10-6-7-11(16-8-10)9-4-2-1-3-5-9;2*1-10-7-8-12(13-9-10)11-5-3-2-4-6-11;/h1-4,6-8H;2*2-5,7-9H,1H3;/q3*-1;+3. The Hall–Kier alpha value is -4.45. The van der Waals surface area contributed by atoms with Gasteiger partial charge in [-0.25, -0.2) is 0 Å². The molecule has 0 fully saturated rings. The average Bonchev–Trinajstić information content (AvgIpc) is 3.03. The zero-order chi connectivity index (χ0) is 29.8. The Balaban J connectivity index is 0.000000176. The molecule has 216 valence electrons. The van der Waals surface area contributed by atoms with E-state index in [1.807, 2.05) is 86.9 Å². The topological polar surface area (TPSA) is 38.7 Å². The minimum absolute atomic E-state index is 0. The summed E-state index contributed by atoms with van der Waals surface area (Å²) in [4.78, 5) is 12.4. The van der Waals surface area contributed by atoms with Crippen LogP contribution in [0.2, 0.25) is 0 Å². The monoisotopic (exact) mass is 751 g/mol. The number of hydrogen-bond donors (Lipinski definition) is 0. The number of nitrogens with zero attached hydrogens (tertiary/aromatic N) is 3. The Kier molecular flexibility index (Phi) is 12.5. The quantitative estimate of drug-likeness (QED) is 0.169. The van der Waals surface area contributed by atoms with Crippen LogP contribution in [0.1, 0.15) is 16.7 Å². The molecule has 0 atom stereocenters. The molecule has 43 heavy (non-hydrogen) atoms. The van der Waals surface area contributed by atoms with Crippen LogP contribution >= 0.6 is 0 Å². The summed E-state index contributed by atoms with van der Waals surface area (Å²) in [5.41, 5.74) is 6.82. The number of rotatable bonds is 3. The maximum absolute atomic E-state index is 12.3. The van der Waals surface area contributed by atoms with E-state index in [2.05, 4.69) is 45.3 Å². The molecule has 7 heteroatoms. The Morgan fingerprint density at radius 3 is 1.12 bits per heavy atom. The van der Waals surface area contributed by atoms with E-state index in [0.717, 1.165) is 34.8 Å². The predicted molar refractivity (Wildman–Crippen MR) is 160 cm³/mol. The van der Waals surface area contributed by atoms with Crippen molar-refractivity contribution in [2.24, 2.45) is 0 Å². The largest absolute Gasteiger partial charge is 3.00 e. The minimum Gasteiger partial charge on any atom is -0.304 e. The third-order valence-corrected chi connectivity index (χ3v) is 5.87. The smallest absolute Gasteiger partial charge is 0.304 e. The molecule has 0 amide bonds. The number of benzene rings is 3. The molecule has 6 rings (SSSR count). The third-order valence-electron chi connectivity index (χ3n) is 5.87. The summed E-state index contributed by atoms with van der Waals surface area (Å²) in [7, 11) is 0. The van der Waals surface area contributed by atoms with Gasteiger partial charge in [-0.1, -0.05) is 36.4 Å². The zero-order valence-corrected chi connectivity index (χ0v) is 25.8. The Labute approximate surface area is 263 Å². The molecule has 0 aliphatic heterocycles. The van der Waals surface area contributed by atoms with E-state index in [1.54, 1.807) is 24.3 Å². The molecule has 3 aromatic carbocycles. The molecule has 0 unspecified atom stereocenters. The fourth-order valence-corrected chi connectivity index (χ4v) is 3.63. The first-order valence-corrected chi connectivity index (χ1v) is 13.1. The number of alkyl halides is 3. The van der Waals surface area contributed by atoms with Gasteiger partial charge in [-0.2, -0.15) is 13.2 Å². The summed E-state index contributed by atoms with van der Waals surface area (Å²) in [5, 5.41) is 0. The Bertz CT molecular complexity index is 1540. The first kappa shape index (κ1) is 33.1. The van der Waals surface area contributed by atoms with Crippen LogP contribution in [0.5, 0.6) is 0 Å². The second-order valence-corrected chi connectivity index (χ2v) is 9.20. The van der Waals surface area contributed by atoms with Gasteiger partial charge in [0.05, 0.1) is 5.56 Å². The molecule has 3 aromatic heterocycles. The number of pyridine rings is 3. The molecule has 0 bridgehead atoms. The van der Waals surface area contributed by atoms with Crippen molar-refractivity contribution >= 4 is 0 Å². The van der Waals surface area contributed by atoms with E-state index >= 15 is 0 Å². The van der Waals surface area contributed by atoms with Crippen LogP contribution < -0.4 is 0 Å². The van der Waals surface area contributed by atoms with Gasteiger partial charge in [0.25, 0.3) is 0 Å². The van der Waals surface area contributed by atoms with Crippen molar-refractivity contribution in [2.45, 2.75) is 20.0 Å². The van der Waals surface area contributed by atoms with E-state index in [4.69, 9.17) is 0 Å². The first-order valence-electron chi connectivity index (χ1n) is 13.1. The number of aromatic nitrogens is 3. The van der Waals surface area contributed by atoms with E-state index in [1.165, 1.54) is 17.2 Å². The molecule has 0 aliphatic rings. The van der Waals surface area contributed by atoms with Crippen molar-refractivity contribution in [3.8, 4) is 33.8 Å². The fourth-order valence-electron chi connectivity index (χ4n) is 3.63. The molecule has 6 aromatic rings. The summed E-state index contributed by atoms with van der Waals surface area (Å²) < 4.78 is 36.8. The van der Waals surface area contributed by atoms with Gasteiger partial charge in [0, 0.05) is 18.6 Å². The van der Waals surface area contributed by atoms with Crippen molar-refractivity contribution in [3.05, 3.63) is 163 Å². The molecular formula is C36H27F3IrN3. The number of halogens is 3. The van der Waals surface area contributed by atoms with E-state index in [0.29, 0.717) is 11.3 Å². The summed E-state index contributed by atoms with van der Waals surface area (Å²) >= 11 is 0. The summed E-state index contributed by atoms with van der Waals surface area (Å²) in [6.45, 7) is 4.07. The van der Waals surface area contributed by atoms with E-state index in [-0.39, 0.29) is 20.1 Å². The van der Waals surface area contributed by atoms with Crippen LogP contribution in [0.3, 0.4) is 0 Å². The summed E-state index contributed by atoms with van der Waals surface area (Å²) in [6.07, 6.45) is 0.231. The summed E-state index contributed by atoms with van der Waals surface area (Å²) in [6, 6.07) is 42.4. The van der Waals surface area contributed by atoms with Gasteiger partial charge in [-0.3, -0.25) is 0 Å². The van der Waals surface area contributed by atoms with Gasteiger partial charge in [0.2, 0.25) is 0 Å². The van der Waals surface area contributed by atoms with Crippen LogP contribution in [-0.2, 0) is 26.3 Å². The van der Waals surface area contributed by atoms with Gasteiger partial charge >= 0.3 is 26.3 Å². The fraction of sp³-hybridized carbons (Fsp3) is 0.0833. The van der Waals surface area contributed by atoms with E-state index in [9.17, 15) is 13.2 Å². The normalized spacial score (nSPS) is 10.3. The third kappa shape index (κ3) is 10.4. The summed E-state index contributed by atoms with van der Waals surface area (Å²) in [5.74, 6) is 0. The van der Waals surface area contributed by atoms with Crippen molar-refractivity contribution in [1.82, 2.24) is 15.0 Å². The van der Waals surface area contributed by atoms with Crippen molar-refractivity contribution in [2.75, 3.05) is 0 Å². The molecule has 0 N–H and O–H groups in total. The van der Waals surface area contributed by atoms with Crippen LogP contribution in [0, 0.1) is 32.0 Å². The van der Waals surface area contributed by atoms with Gasteiger partial charge in [0.1, 0.15) is 0 Å². The number of aryl methyl sites for hydroxylation is 2. The minimum atomic E-state index is -4.34. The van der Waals surface area contributed by atoms with E-state index < -0.39 is 11.7 Å². The van der Waals surface area contributed by atoms with Gasteiger partial charge in [0.15, 0.2) is 0 Å². The molecule has 0 saturated heterocycles. The van der Waals surface area contributed by atoms with Crippen molar-refractivity contribution in [1.29, 1.82) is 0 Å². The molecule has 0 radical (unpaired) electrons. The molecule has 3 nitrogen and oxygen atoms in total.